The number of thioether (sulfide) groups is 1. The second-order valence-electron chi connectivity index (χ2n) is 7.36. The Hall–Kier alpha value is -3.57. The fourth-order valence-electron chi connectivity index (χ4n) is 3.89. The van der Waals surface area contributed by atoms with Crippen LogP contribution in [-0.2, 0) is 16.0 Å². The van der Waals surface area contributed by atoms with Crippen LogP contribution >= 0.6 is 11.8 Å². The van der Waals surface area contributed by atoms with Gasteiger partial charge in [0.25, 0.3) is 11.8 Å². The SMILES string of the molecule is O=C1C(Sc2ccccc2)=C(c2ccccc2)C(=O)N1CCc1c[nH]c2ccccc12. The van der Waals surface area contributed by atoms with Crippen LogP contribution in [0.25, 0.3) is 16.5 Å². The largest absolute Gasteiger partial charge is 0.361 e. The number of hydrogen-bond acceptors (Lipinski definition) is 3. The summed E-state index contributed by atoms with van der Waals surface area (Å²) in [5.74, 6) is -0.452. The number of imide groups is 1. The van der Waals surface area contributed by atoms with E-state index in [0.717, 1.165) is 26.9 Å². The van der Waals surface area contributed by atoms with Crippen molar-refractivity contribution in [3.05, 3.63) is 107 Å². The molecule has 0 fully saturated rings. The average Bonchev–Trinajstić information content (AvgIpc) is 3.32. The predicted molar refractivity (Wildman–Crippen MR) is 124 cm³/mol. The molecule has 0 aliphatic carbocycles. The van der Waals surface area contributed by atoms with Crippen molar-refractivity contribution in [3.63, 3.8) is 0 Å². The van der Waals surface area contributed by atoms with Crippen molar-refractivity contribution in [2.45, 2.75) is 11.3 Å². The number of aromatic amines is 1. The lowest BCUT2D eigenvalue weighted by Crippen LogP contribution is -2.33. The van der Waals surface area contributed by atoms with E-state index in [2.05, 4.69) is 11.1 Å². The molecule has 4 nitrogen and oxygen atoms in total. The van der Waals surface area contributed by atoms with Gasteiger partial charge < -0.3 is 4.98 Å². The van der Waals surface area contributed by atoms with Gasteiger partial charge in [-0.05, 0) is 35.7 Å². The molecule has 1 aliphatic rings. The van der Waals surface area contributed by atoms with Gasteiger partial charge in [-0.2, -0.15) is 0 Å². The molecule has 152 valence electrons. The Morgan fingerprint density at radius 1 is 0.774 bits per heavy atom. The minimum atomic E-state index is -0.227. The van der Waals surface area contributed by atoms with Crippen LogP contribution in [-0.4, -0.2) is 28.2 Å². The number of amides is 2. The van der Waals surface area contributed by atoms with Gasteiger partial charge in [0.05, 0.1) is 10.5 Å². The summed E-state index contributed by atoms with van der Waals surface area (Å²) in [6, 6.07) is 27.2. The topological polar surface area (TPSA) is 53.2 Å². The van der Waals surface area contributed by atoms with Crippen LogP contribution < -0.4 is 0 Å². The molecule has 0 spiro atoms. The maximum atomic E-state index is 13.4. The Morgan fingerprint density at radius 3 is 2.23 bits per heavy atom. The molecule has 5 heteroatoms. The average molecular weight is 425 g/mol. The highest BCUT2D eigenvalue weighted by Gasteiger charge is 2.39. The number of carbonyl (C=O) groups is 2. The summed E-state index contributed by atoms with van der Waals surface area (Å²) < 4.78 is 0. The van der Waals surface area contributed by atoms with Crippen LogP contribution in [0.4, 0.5) is 0 Å². The van der Waals surface area contributed by atoms with E-state index in [9.17, 15) is 9.59 Å². The van der Waals surface area contributed by atoms with Gasteiger partial charge in [-0.15, -0.1) is 0 Å². The molecule has 0 atom stereocenters. The minimum Gasteiger partial charge on any atom is -0.361 e. The molecule has 0 saturated heterocycles. The number of hydrogen-bond donors (Lipinski definition) is 1. The molecule has 5 rings (SSSR count). The maximum absolute atomic E-state index is 13.4. The first-order chi connectivity index (χ1) is 15.2. The van der Waals surface area contributed by atoms with E-state index in [4.69, 9.17) is 0 Å². The number of benzene rings is 3. The number of nitrogens with one attached hydrogen (secondary N) is 1. The molecule has 0 saturated carbocycles. The Kier molecular flexibility index (Phi) is 5.18. The van der Waals surface area contributed by atoms with E-state index in [-0.39, 0.29) is 11.8 Å². The van der Waals surface area contributed by atoms with Gasteiger partial charge in [-0.3, -0.25) is 14.5 Å². The van der Waals surface area contributed by atoms with Gasteiger partial charge in [0.2, 0.25) is 0 Å². The molecule has 0 unspecified atom stereocenters. The van der Waals surface area contributed by atoms with Crippen LogP contribution in [0.5, 0.6) is 0 Å². The molecule has 1 N–H and O–H groups in total. The normalized spacial score (nSPS) is 14.1. The Bertz CT molecular complexity index is 1290. The van der Waals surface area contributed by atoms with Gasteiger partial charge in [-0.1, -0.05) is 78.5 Å². The smallest absolute Gasteiger partial charge is 0.268 e. The van der Waals surface area contributed by atoms with Crippen molar-refractivity contribution in [1.29, 1.82) is 0 Å². The van der Waals surface area contributed by atoms with Gasteiger partial charge in [0, 0.05) is 28.5 Å². The Morgan fingerprint density at radius 2 is 1.45 bits per heavy atom. The highest BCUT2D eigenvalue weighted by Crippen LogP contribution is 2.39. The fraction of sp³-hybridized carbons (Fsp3) is 0.0769. The summed E-state index contributed by atoms with van der Waals surface area (Å²) >= 11 is 1.36. The van der Waals surface area contributed by atoms with Crippen molar-refractivity contribution in [2.75, 3.05) is 6.54 Å². The lowest BCUT2D eigenvalue weighted by molar-refractivity contribution is -0.136. The first kappa shape index (κ1) is 19.4. The van der Waals surface area contributed by atoms with Crippen LogP contribution in [0.1, 0.15) is 11.1 Å². The molecule has 1 aromatic heterocycles. The van der Waals surface area contributed by atoms with Crippen molar-refractivity contribution in [2.24, 2.45) is 0 Å². The summed E-state index contributed by atoms with van der Waals surface area (Å²) in [5, 5.41) is 1.12. The third kappa shape index (κ3) is 3.68. The van der Waals surface area contributed by atoms with Crippen LogP contribution in [0.2, 0.25) is 0 Å². The molecule has 4 aromatic rings. The number of aromatic nitrogens is 1. The zero-order chi connectivity index (χ0) is 21.2. The fourth-order valence-corrected chi connectivity index (χ4v) is 4.92. The Labute approximate surface area is 184 Å². The van der Waals surface area contributed by atoms with Gasteiger partial charge in [0.1, 0.15) is 0 Å². The predicted octanol–water partition coefficient (Wildman–Crippen LogP) is 5.28. The van der Waals surface area contributed by atoms with Crippen LogP contribution in [0, 0.1) is 0 Å². The van der Waals surface area contributed by atoms with Crippen molar-refractivity contribution < 1.29 is 9.59 Å². The number of fused-ring (bicyclic) bond motifs is 1. The second-order valence-corrected chi connectivity index (χ2v) is 8.44. The summed E-state index contributed by atoms with van der Waals surface area (Å²) in [4.78, 5) is 32.8. The Balaban J connectivity index is 1.45. The van der Waals surface area contributed by atoms with Crippen LogP contribution in [0.15, 0.2) is 101 Å². The zero-order valence-electron chi connectivity index (χ0n) is 16.7. The summed E-state index contributed by atoms with van der Waals surface area (Å²) in [7, 11) is 0. The van der Waals surface area contributed by atoms with E-state index < -0.39 is 0 Å². The summed E-state index contributed by atoms with van der Waals surface area (Å²) in [5.41, 5.74) is 3.41. The number of rotatable bonds is 6. The number of nitrogens with zero attached hydrogens (tertiary/aromatic N) is 1. The van der Waals surface area contributed by atoms with Gasteiger partial charge >= 0.3 is 0 Å². The van der Waals surface area contributed by atoms with E-state index in [1.165, 1.54) is 16.7 Å². The molecular weight excluding hydrogens is 404 g/mol. The monoisotopic (exact) mass is 424 g/mol. The van der Waals surface area contributed by atoms with Crippen molar-refractivity contribution >= 4 is 40.1 Å². The van der Waals surface area contributed by atoms with Crippen molar-refractivity contribution in [1.82, 2.24) is 9.88 Å². The molecule has 0 bridgehead atoms. The zero-order valence-corrected chi connectivity index (χ0v) is 17.6. The summed E-state index contributed by atoms with van der Waals surface area (Å²) in [6.45, 7) is 0.342. The molecule has 1 aliphatic heterocycles. The number of para-hydroxylation sites is 1. The number of H-pyrrole nitrogens is 1. The first-order valence-electron chi connectivity index (χ1n) is 10.2. The summed E-state index contributed by atoms with van der Waals surface area (Å²) in [6.07, 6.45) is 2.56. The van der Waals surface area contributed by atoms with Crippen molar-refractivity contribution in [3.8, 4) is 0 Å². The lowest BCUT2D eigenvalue weighted by atomic mass is 10.1. The van der Waals surface area contributed by atoms with Gasteiger partial charge in [0.15, 0.2) is 0 Å². The minimum absolute atomic E-state index is 0.224. The third-order valence-electron chi connectivity index (χ3n) is 5.43. The quantitative estimate of drug-likeness (QED) is 0.428. The first-order valence-corrected chi connectivity index (χ1v) is 11.0. The van der Waals surface area contributed by atoms with E-state index in [1.54, 1.807) is 0 Å². The molecular formula is C26H20N2O2S. The maximum Gasteiger partial charge on any atom is 0.268 e. The lowest BCUT2D eigenvalue weighted by Gasteiger charge is -2.15. The van der Waals surface area contributed by atoms with E-state index >= 15 is 0 Å². The van der Waals surface area contributed by atoms with E-state index in [0.29, 0.717) is 23.4 Å². The molecule has 2 amide bonds. The highest BCUT2D eigenvalue weighted by atomic mass is 32.2. The van der Waals surface area contributed by atoms with E-state index in [1.807, 2.05) is 85.1 Å². The third-order valence-corrected chi connectivity index (χ3v) is 6.52. The molecule has 0 radical (unpaired) electrons. The molecule has 31 heavy (non-hydrogen) atoms. The second kappa shape index (κ2) is 8.28. The standard InChI is InChI=1S/C26H20N2O2S/c29-25-23(18-9-3-1-4-10-18)24(31-20-11-5-2-6-12-20)26(30)28(25)16-15-19-17-27-22-14-8-7-13-21(19)22/h1-14,17,27H,15-16H2. The molecule has 3 aromatic carbocycles. The highest BCUT2D eigenvalue weighted by molar-refractivity contribution is 8.04. The number of carbonyl (C=O) groups excluding carboxylic acids is 2. The van der Waals surface area contributed by atoms with Gasteiger partial charge in [-0.25, -0.2) is 0 Å². The van der Waals surface area contributed by atoms with Crippen LogP contribution in [0.3, 0.4) is 0 Å². The molecule has 2 heterocycles.